The maximum Gasteiger partial charge on any atom is 0.253 e. The SMILES string of the molecule is CCc1ccc(C(NC(=O)C2CCN(C(=O)c3ccc(F)cc3)CC2)C(C)C)cc1. The second kappa shape index (κ2) is 9.88. The lowest BCUT2D eigenvalue weighted by Crippen LogP contribution is -2.44. The van der Waals surface area contributed by atoms with Gasteiger partial charge in [0.05, 0.1) is 6.04 Å². The molecule has 0 spiro atoms. The summed E-state index contributed by atoms with van der Waals surface area (Å²) in [7, 11) is 0. The van der Waals surface area contributed by atoms with Gasteiger partial charge in [-0.2, -0.15) is 0 Å². The lowest BCUT2D eigenvalue weighted by Gasteiger charge is -2.33. The van der Waals surface area contributed by atoms with Crippen molar-refractivity contribution in [3.63, 3.8) is 0 Å². The maximum atomic E-state index is 13.1. The first-order valence-corrected chi connectivity index (χ1v) is 10.8. The van der Waals surface area contributed by atoms with E-state index in [1.54, 1.807) is 4.90 Å². The first-order chi connectivity index (χ1) is 14.4. The Hall–Kier alpha value is -2.69. The van der Waals surface area contributed by atoms with Crippen LogP contribution in [-0.2, 0) is 11.2 Å². The van der Waals surface area contributed by atoms with E-state index in [9.17, 15) is 14.0 Å². The molecule has 0 saturated carbocycles. The van der Waals surface area contributed by atoms with Gasteiger partial charge in [-0.1, -0.05) is 45.0 Å². The summed E-state index contributed by atoms with van der Waals surface area (Å²) in [6, 6.07) is 14.0. The van der Waals surface area contributed by atoms with Crippen molar-refractivity contribution in [3.8, 4) is 0 Å². The third-order valence-electron chi connectivity index (χ3n) is 5.96. The van der Waals surface area contributed by atoms with Crippen LogP contribution in [-0.4, -0.2) is 29.8 Å². The summed E-state index contributed by atoms with van der Waals surface area (Å²) in [5, 5.41) is 3.24. The van der Waals surface area contributed by atoms with Crippen molar-refractivity contribution in [2.45, 2.75) is 46.1 Å². The fraction of sp³-hybridized carbons (Fsp3) is 0.440. The highest BCUT2D eigenvalue weighted by Gasteiger charge is 2.29. The molecule has 1 atom stereocenters. The number of nitrogens with zero attached hydrogens (tertiary/aromatic N) is 1. The second-order valence-electron chi connectivity index (χ2n) is 8.40. The zero-order valence-corrected chi connectivity index (χ0v) is 18.0. The molecule has 1 aliphatic rings. The second-order valence-corrected chi connectivity index (χ2v) is 8.40. The quantitative estimate of drug-likeness (QED) is 0.747. The molecule has 2 aromatic carbocycles. The highest BCUT2D eigenvalue weighted by molar-refractivity contribution is 5.94. The molecule has 4 nitrogen and oxygen atoms in total. The molecule has 0 aromatic heterocycles. The van der Waals surface area contributed by atoms with E-state index in [0.29, 0.717) is 31.5 Å². The van der Waals surface area contributed by atoms with Gasteiger partial charge in [0.15, 0.2) is 0 Å². The van der Waals surface area contributed by atoms with E-state index in [2.05, 4.69) is 50.4 Å². The number of halogens is 1. The van der Waals surface area contributed by atoms with E-state index in [4.69, 9.17) is 0 Å². The molecule has 0 bridgehead atoms. The van der Waals surface area contributed by atoms with Crippen LogP contribution in [0.15, 0.2) is 48.5 Å². The molecule has 2 amide bonds. The van der Waals surface area contributed by atoms with Gasteiger partial charge in [0, 0.05) is 24.6 Å². The number of carbonyl (C=O) groups is 2. The van der Waals surface area contributed by atoms with Gasteiger partial charge >= 0.3 is 0 Å². The van der Waals surface area contributed by atoms with Crippen molar-refractivity contribution < 1.29 is 14.0 Å². The molecule has 30 heavy (non-hydrogen) atoms. The number of aryl methyl sites for hydroxylation is 1. The number of nitrogens with one attached hydrogen (secondary N) is 1. The number of benzene rings is 2. The summed E-state index contributed by atoms with van der Waals surface area (Å²) in [5.41, 5.74) is 2.89. The average Bonchev–Trinajstić information content (AvgIpc) is 2.77. The number of carbonyl (C=O) groups excluding carboxylic acids is 2. The molecular weight excluding hydrogens is 379 g/mol. The zero-order valence-electron chi connectivity index (χ0n) is 18.0. The van der Waals surface area contributed by atoms with E-state index in [1.165, 1.54) is 29.8 Å². The summed E-state index contributed by atoms with van der Waals surface area (Å²) < 4.78 is 13.1. The Balaban J connectivity index is 1.58. The molecule has 3 rings (SSSR count). The van der Waals surface area contributed by atoms with Crippen LogP contribution in [0.3, 0.4) is 0 Å². The van der Waals surface area contributed by atoms with Gasteiger partial charge in [0.1, 0.15) is 5.82 Å². The Morgan fingerprint density at radius 2 is 1.63 bits per heavy atom. The number of likely N-dealkylation sites (tertiary alicyclic amines) is 1. The van der Waals surface area contributed by atoms with Crippen LogP contribution >= 0.6 is 0 Å². The van der Waals surface area contributed by atoms with E-state index in [1.807, 2.05) is 0 Å². The Morgan fingerprint density at radius 1 is 1.03 bits per heavy atom. The predicted octanol–water partition coefficient (Wildman–Crippen LogP) is 4.75. The molecule has 1 aliphatic heterocycles. The van der Waals surface area contributed by atoms with Gasteiger partial charge in [-0.25, -0.2) is 4.39 Å². The lowest BCUT2D eigenvalue weighted by atomic mass is 9.91. The minimum atomic E-state index is -0.356. The topological polar surface area (TPSA) is 49.4 Å². The van der Waals surface area contributed by atoms with Crippen LogP contribution in [0.2, 0.25) is 0 Å². The van der Waals surface area contributed by atoms with Gasteiger partial charge in [0.2, 0.25) is 5.91 Å². The summed E-state index contributed by atoms with van der Waals surface area (Å²) in [5.74, 6) is -0.224. The molecule has 1 heterocycles. The number of amides is 2. The average molecular weight is 411 g/mol. The molecule has 0 aliphatic carbocycles. The van der Waals surface area contributed by atoms with Gasteiger partial charge in [-0.15, -0.1) is 0 Å². The third-order valence-corrected chi connectivity index (χ3v) is 5.96. The Kier molecular flexibility index (Phi) is 7.24. The normalized spacial score (nSPS) is 15.8. The Labute approximate surface area is 178 Å². The van der Waals surface area contributed by atoms with Gasteiger partial charge in [0.25, 0.3) is 5.91 Å². The third kappa shape index (κ3) is 5.26. The Bertz CT molecular complexity index is 854. The van der Waals surface area contributed by atoms with Crippen molar-refractivity contribution in [3.05, 3.63) is 71.0 Å². The number of hydrogen-bond donors (Lipinski definition) is 1. The molecule has 0 radical (unpaired) electrons. The lowest BCUT2D eigenvalue weighted by molar-refractivity contribution is -0.127. The summed E-state index contributed by atoms with van der Waals surface area (Å²) >= 11 is 0. The molecule has 2 aromatic rings. The van der Waals surface area contributed by atoms with Crippen LogP contribution in [0.4, 0.5) is 4.39 Å². The van der Waals surface area contributed by atoms with E-state index >= 15 is 0 Å². The van der Waals surface area contributed by atoms with Crippen LogP contribution < -0.4 is 5.32 Å². The molecule has 1 unspecified atom stereocenters. The number of piperidine rings is 1. The Morgan fingerprint density at radius 3 is 2.17 bits per heavy atom. The monoisotopic (exact) mass is 410 g/mol. The molecule has 1 N–H and O–H groups in total. The fourth-order valence-electron chi connectivity index (χ4n) is 3.99. The van der Waals surface area contributed by atoms with Gasteiger partial charge in [-0.05, 0) is 60.6 Å². The first kappa shape index (κ1) is 22.0. The van der Waals surface area contributed by atoms with Crippen LogP contribution in [0, 0.1) is 17.7 Å². The molecule has 5 heteroatoms. The summed E-state index contributed by atoms with van der Waals surface area (Å²) in [6.07, 6.45) is 2.27. The van der Waals surface area contributed by atoms with Crippen molar-refractivity contribution in [1.82, 2.24) is 10.2 Å². The van der Waals surface area contributed by atoms with E-state index in [0.717, 1.165) is 12.0 Å². The minimum Gasteiger partial charge on any atom is -0.349 e. The fourth-order valence-corrected chi connectivity index (χ4v) is 3.99. The van der Waals surface area contributed by atoms with E-state index in [-0.39, 0.29) is 35.5 Å². The molecule has 160 valence electrons. The maximum absolute atomic E-state index is 13.1. The highest BCUT2D eigenvalue weighted by atomic mass is 19.1. The number of hydrogen-bond acceptors (Lipinski definition) is 2. The van der Waals surface area contributed by atoms with Crippen LogP contribution in [0.25, 0.3) is 0 Å². The summed E-state index contributed by atoms with van der Waals surface area (Å²) in [4.78, 5) is 27.3. The van der Waals surface area contributed by atoms with Crippen LogP contribution in [0.5, 0.6) is 0 Å². The zero-order chi connectivity index (χ0) is 21.7. The molecular formula is C25H31FN2O2. The minimum absolute atomic E-state index is 0.0257. The predicted molar refractivity (Wildman–Crippen MR) is 117 cm³/mol. The van der Waals surface area contributed by atoms with Crippen molar-refractivity contribution in [1.29, 1.82) is 0 Å². The van der Waals surface area contributed by atoms with E-state index < -0.39 is 0 Å². The smallest absolute Gasteiger partial charge is 0.253 e. The van der Waals surface area contributed by atoms with Gasteiger partial charge < -0.3 is 10.2 Å². The molecule has 1 fully saturated rings. The molecule has 1 saturated heterocycles. The largest absolute Gasteiger partial charge is 0.349 e. The van der Waals surface area contributed by atoms with Crippen LogP contribution in [0.1, 0.15) is 61.1 Å². The first-order valence-electron chi connectivity index (χ1n) is 10.8. The number of rotatable bonds is 6. The van der Waals surface area contributed by atoms with Crippen molar-refractivity contribution in [2.24, 2.45) is 11.8 Å². The summed E-state index contributed by atoms with van der Waals surface area (Å²) in [6.45, 7) is 7.42. The standard InChI is InChI=1S/C25H31FN2O2/c1-4-18-5-7-19(8-6-18)23(17(2)3)27-24(29)20-13-15-28(16-14-20)25(30)21-9-11-22(26)12-10-21/h5-12,17,20,23H,4,13-16H2,1-3H3,(H,27,29). The van der Waals surface area contributed by atoms with Crippen molar-refractivity contribution >= 4 is 11.8 Å². The van der Waals surface area contributed by atoms with Crippen molar-refractivity contribution in [2.75, 3.05) is 13.1 Å². The highest BCUT2D eigenvalue weighted by Crippen LogP contribution is 2.25. The van der Waals surface area contributed by atoms with Gasteiger partial charge in [-0.3, -0.25) is 9.59 Å².